The van der Waals surface area contributed by atoms with E-state index in [-0.39, 0.29) is 36.5 Å². The third-order valence-electron chi connectivity index (χ3n) is 5.94. The van der Waals surface area contributed by atoms with Crippen LogP contribution < -0.4 is 19.7 Å². The van der Waals surface area contributed by atoms with Gasteiger partial charge in [0.25, 0.3) is 0 Å². The Morgan fingerprint density at radius 2 is 1.85 bits per heavy atom. The summed E-state index contributed by atoms with van der Waals surface area (Å²) in [4.78, 5) is 27.2. The minimum absolute atomic E-state index is 0.0662. The molecule has 10 heteroatoms. The molecule has 0 aromatic heterocycles. The summed E-state index contributed by atoms with van der Waals surface area (Å²) in [6, 6.07) is 10.0. The molecular weight excluding hydrogens is 446 g/mol. The van der Waals surface area contributed by atoms with Crippen molar-refractivity contribution in [3.63, 3.8) is 0 Å². The monoisotopic (exact) mass is 473 g/mol. The Bertz CT molecular complexity index is 1190. The van der Waals surface area contributed by atoms with Gasteiger partial charge in [-0.3, -0.25) is 9.59 Å². The summed E-state index contributed by atoms with van der Waals surface area (Å²) in [7, 11) is -3.67. The summed E-state index contributed by atoms with van der Waals surface area (Å²) in [5.74, 6) is 0.126. The van der Waals surface area contributed by atoms with Crippen LogP contribution in [0.25, 0.3) is 0 Å². The fraction of sp³-hybridized carbons (Fsp3) is 0.391. The van der Waals surface area contributed by atoms with Crippen LogP contribution in [0.1, 0.15) is 25.8 Å². The van der Waals surface area contributed by atoms with Gasteiger partial charge >= 0.3 is 0 Å². The maximum Gasteiger partial charge on any atom is 0.243 e. The van der Waals surface area contributed by atoms with Crippen molar-refractivity contribution < 1.29 is 27.5 Å². The van der Waals surface area contributed by atoms with Crippen LogP contribution in [0.15, 0.2) is 41.3 Å². The number of hydrogen-bond acceptors (Lipinski definition) is 6. The lowest BCUT2D eigenvalue weighted by Crippen LogP contribution is -2.31. The number of carbonyl (C=O) groups is 2. The van der Waals surface area contributed by atoms with E-state index in [0.717, 1.165) is 0 Å². The van der Waals surface area contributed by atoms with Crippen LogP contribution in [-0.4, -0.2) is 51.0 Å². The average Bonchev–Trinajstić information content (AvgIpc) is 3.41. The van der Waals surface area contributed by atoms with Crippen molar-refractivity contribution in [2.24, 2.45) is 5.92 Å². The zero-order valence-corrected chi connectivity index (χ0v) is 19.6. The van der Waals surface area contributed by atoms with Crippen LogP contribution in [0.2, 0.25) is 0 Å². The van der Waals surface area contributed by atoms with E-state index in [1.165, 1.54) is 10.4 Å². The molecule has 1 fully saturated rings. The van der Waals surface area contributed by atoms with E-state index in [2.05, 4.69) is 5.32 Å². The molecule has 0 aliphatic carbocycles. The molecule has 1 atom stereocenters. The van der Waals surface area contributed by atoms with Crippen LogP contribution in [-0.2, 0) is 19.6 Å². The van der Waals surface area contributed by atoms with Crippen molar-refractivity contribution in [3.05, 3.63) is 42.0 Å². The number of aryl methyl sites for hydroxylation is 1. The number of benzene rings is 2. The van der Waals surface area contributed by atoms with Crippen molar-refractivity contribution in [3.8, 4) is 11.5 Å². The largest absolute Gasteiger partial charge is 0.454 e. The van der Waals surface area contributed by atoms with Crippen LogP contribution in [0, 0.1) is 12.8 Å². The topological polar surface area (TPSA) is 105 Å². The van der Waals surface area contributed by atoms with Gasteiger partial charge in [-0.2, -0.15) is 4.31 Å². The van der Waals surface area contributed by atoms with Gasteiger partial charge in [0.05, 0.1) is 10.8 Å². The fourth-order valence-electron chi connectivity index (χ4n) is 4.09. The van der Waals surface area contributed by atoms with Gasteiger partial charge in [-0.1, -0.05) is 19.9 Å². The number of ether oxygens (including phenoxy) is 2. The molecule has 1 saturated heterocycles. The molecule has 33 heavy (non-hydrogen) atoms. The number of sulfonamides is 1. The molecule has 0 saturated carbocycles. The Morgan fingerprint density at radius 1 is 1.12 bits per heavy atom. The second kappa shape index (κ2) is 9.03. The Kier molecular flexibility index (Phi) is 6.31. The predicted octanol–water partition coefficient (Wildman–Crippen LogP) is 2.75. The number of hydrogen-bond donors (Lipinski definition) is 1. The van der Waals surface area contributed by atoms with Gasteiger partial charge in [0, 0.05) is 43.5 Å². The Labute approximate surface area is 193 Å². The summed E-state index contributed by atoms with van der Waals surface area (Å²) < 4.78 is 38.0. The lowest BCUT2D eigenvalue weighted by Gasteiger charge is -2.20. The molecule has 176 valence electrons. The zero-order valence-electron chi connectivity index (χ0n) is 18.8. The van der Waals surface area contributed by atoms with E-state index in [4.69, 9.17) is 9.47 Å². The van der Waals surface area contributed by atoms with E-state index < -0.39 is 15.9 Å². The Hall–Kier alpha value is -3.11. The first-order chi connectivity index (χ1) is 15.7. The molecule has 2 amide bonds. The standard InChI is InChI=1S/C23H27N3O6S/c1-4-25(5-2)33(29,30)21-11-17(7-6-15(21)3)24-23(28)16-10-22(27)26(13-16)18-8-9-19-20(12-18)32-14-31-19/h6-9,11-12,16H,4-5,10,13-14H2,1-3H3,(H,24,28). The highest BCUT2D eigenvalue weighted by atomic mass is 32.2. The first-order valence-corrected chi connectivity index (χ1v) is 12.3. The molecule has 2 aromatic rings. The number of anilines is 2. The summed E-state index contributed by atoms with van der Waals surface area (Å²) in [5.41, 5.74) is 1.62. The minimum atomic E-state index is -3.67. The van der Waals surface area contributed by atoms with Gasteiger partial charge < -0.3 is 19.7 Å². The maximum absolute atomic E-state index is 13.0. The van der Waals surface area contributed by atoms with E-state index in [1.54, 1.807) is 56.0 Å². The number of rotatable bonds is 7. The number of carbonyl (C=O) groups excluding carboxylic acids is 2. The third kappa shape index (κ3) is 4.40. The number of amides is 2. The maximum atomic E-state index is 13.0. The molecule has 9 nitrogen and oxygen atoms in total. The fourth-order valence-corrected chi connectivity index (χ4v) is 5.80. The highest BCUT2D eigenvalue weighted by Gasteiger charge is 2.36. The van der Waals surface area contributed by atoms with Crippen molar-refractivity contribution in [1.82, 2.24) is 4.31 Å². The van der Waals surface area contributed by atoms with E-state index in [1.807, 2.05) is 0 Å². The molecule has 2 heterocycles. The molecule has 4 rings (SSSR count). The van der Waals surface area contributed by atoms with Crippen LogP contribution >= 0.6 is 0 Å². The van der Waals surface area contributed by atoms with E-state index in [9.17, 15) is 18.0 Å². The average molecular weight is 474 g/mol. The Morgan fingerprint density at radius 3 is 2.58 bits per heavy atom. The van der Waals surface area contributed by atoms with E-state index in [0.29, 0.717) is 41.5 Å². The van der Waals surface area contributed by atoms with Gasteiger partial charge in [-0.05, 0) is 36.8 Å². The molecule has 1 unspecified atom stereocenters. The van der Waals surface area contributed by atoms with Gasteiger partial charge in [0.1, 0.15) is 0 Å². The molecule has 0 radical (unpaired) electrons. The zero-order chi connectivity index (χ0) is 23.8. The first-order valence-electron chi connectivity index (χ1n) is 10.9. The van der Waals surface area contributed by atoms with Crippen molar-refractivity contribution in [2.75, 3.05) is 36.6 Å². The number of nitrogens with zero attached hydrogens (tertiary/aromatic N) is 2. The van der Waals surface area contributed by atoms with Gasteiger partial charge in [-0.15, -0.1) is 0 Å². The first kappa shape index (κ1) is 23.1. The molecule has 1 N–H and O–H groups in total. The summed E-state index contributed by atoms with van der Waals surface area (Å²) in [6.07, 6.45) is 0.0662. The van der Waals surface area contributed by atoms with Crippen LogP contribution in [0.3, 0.4) is 0 Å². The molecule has 0 bridgehead atoms. The van der Waals surface area contributed by atoms with Gasteiger partial charge in [0.2, 0.25) is 28.6 Å². The SMILES string of the molecule is CCN(CC)S(=O)(=O)c1cc(NC(=O)C2CC(=O)N(c3ccc4c(c3)OCO4)C2)ccc1C. The van der Waals surface area contributed by atoms with Crippen molar-refractivity contribution in [1.29, 1.82) is 0 Å². The van der Waals surface area contributed by atoms with Crippen LogP contribution in [0.5, 0.6) is 11.5 Å². The molecule has 2 aromatic carbocycles. The number of nitrogens with one attached hydrogen (secondary N) is 1. The van der Waals surface area contributed by atoms with Crippen molar-refractivity contribution in [2.45, 2.75) is 32.1 Å². The summed E-state index contributed by atoms with van der Waals surface area (Å²) in [6.45, 7) is 6.36. The number of fused-ring (bicyclic) bond motifs is 1. The summed E-state index contributed by atoms with van der Waals surface area (Å²) in [5, 5.41) is 2.79. The molecule has 2 aliphatic heterocycles. The third-order valence-corrected chi connectivity index (χ3v) is 8.13. The lowest BCUT2D eigenvalue weighted by atomic mass is 10.1. The second-order valence-electron chi connectivity index (χ2n) is 8.00. The van der Waals surface area contributed by atoms with Gasteiger partial charge in [0.15, 0.2) is 11.5 Å². The van der Waals surface area contributed by atoms with Crippen molar-refractivity contribution >= 4 is 33.2 Å². The minimum Gasteiger partial charge on any atom is -0.454 e. The molecule has 0 spiro atoms. The van der Waals surface area contributed by atoms with Gasteiger partial charge in [-0.25, -0.2) is 8.42 Å². The normalized spacial score (nSPS) is 17.6. The van der Waals surface area contributed by atoms with E-state index >= 15 is 0 Å². The predicted molar refractivity (Wildman–Crippen MR) is 123 cm³/mol. The second-order valence-corrected chi connectivity index (χ2v) is 9.91. The lowest BCUT2D eigenvalue weighted by molar-refractivity contribution is -0.122. The smallest absolute Gasteiger partial charge is 0.243 e. The molecular formula is C23H27N3O6S. The quantitative estimate of drug-likeness (QED) is 0.663. The Balaban J connectivity index is 1.49. The molecule has 2 aliphatic rings. The van der Waals surface area contributed by atoms with Crippen LogP contribution in [0.4, 0.5) is 11.4 Å². The highest BCUT2D eigenvalue weighted by molar-refractivity contribution is 7.89. The summed E-state index contributed by atoms with van der Waals surface area (Å²) >= 11 is 0. The highest BCUT2D eigenvalue weighted by Crippen LogP contribution is 2.37.